The highest BCUT2D eigenvalue weighted by molar-refractivity contribution is 5.18. The van der Waals surface area contributed by atoms with Crippen LogP contribution in [0.4, 0.5) is 0 Å². The summed E-state index contributed by atoms with van der Waals surface area (Å²) in [6, 6.07) is 0. The Morgan fingerprint density at radius 3 is 2.90 bits per heavy atom. The summed E-state index contributed by atoms with van der Waals surface area (Å²) in [6.07, 6.45) is 6.97. The monoisotopic (exact) mass is 276 g/mol. The average Bonchev–Trinajstić information content (AvgIpc) is 3.08. The average molecular weight is 276 g/mol. The molecule has 1 fully saturated rings. The zero-order valence-electron chi connectivity index (χ0n) is 12.2. The SMILES string of the molecule is CC(c1cnn(C)c1)c1nc(C2(C)CCCCO2)no1. The topological polar surface area (TPSA) is 66.0 Å². The van der Waals surface area contributed by atoms with Gasteiger partial charge in [0.15, 0.2) is 0 Å². The molecule has 3 rings (SSSR count). The van der Waals surface area contributed by atoms with Gasteiger partial charge in [-0.15, -0.1) is 0 Å². The standard InChI is InChI=1S/C14H20N4O2/c1-10(11-8-15-18(3)9-11)12-16-13(17-20-12)14(2)6-4-5-7-19-14/h8-10H,4-7H2,1-3H3. The molecule has 0 bridgehead atoms. The van der Waals surface area contributed by atoms with E-state index in [0.717, 1.165) is 31.4 Å². The van der Waals surface area contributed by atoms with Crippen molar-refractivity contribution in [3.63, 3.8) is 0 Å². The highest BCUT2D eigenvalue weighted by atomic mass is 16.5. The molecule has 0 aliphatic carbocycles. The van der Waals surface area contributed by atoms with Crippen molar-refractivity contribution in [3.8, 4) is 0 Å². The molecule has 0 radical (unpaired) electrons. The molecule has 1 aliphatic heterocycles. The first-order valence-corrected chi connectivity index (χ1v) is 7.05. The molecule has 0 aromatic carbocycles. The molecule has 2 atom stereocenters. The number of hydrogen-bond acceptors (Lipinski definition) is 5. The predicted octanol–water partition coefficient (Wildman–Crippen LogP) is 2.37. The first kappa shape index (κ1) is 13.3. The summed E-state index contributed by atoms with van der Waals surface area (Å²) < 4.78 is 13.1. The second kappa shape index (κ2) is 5.01. The van der Waals surface area contributed by atoms with Gasteiger partial charge in [-0.1, -0.05) is 5.16 Å². The minimum Gasteiger partial charge on any atom is -0.367 e. The second-order valence-electron chi connectivity index (χ2n) is 5.66. The van der Waals surface area contributed by atoms with Crippen LogP contribution in [0.2, 0.25) is 0 Å². The molecular weight excluding hydrogens is 256 g/mol. The molecule has 2 aromatic rings. The minimum atomic E-state index is -0.408. The van der Waals surface area contributed by atoms with E-state index < -0.39 is 5.60 Å². The lowest BCUT2D eigenvalue weighted by Crippen LogP contribution is -2.31. The molecule has 108 valence electrons. The largest absolute Gasteiger partial charge is 0.367 e. The summed E-state index contributed by atoms with van der Waals surface area (Å²) in [5.41, 5.74) is 0.659. The molecule has 0 amide bonds. The lowest BCUT2D eigenvalue weighted by Gasteiger charge is -2.30. The first-order chi connectivity index (χ1) is 9.58. The Morgan fingerprint density at radius 2 is 2.25 bits per heavy atom. The van der Waals surface area contributed by atoms with E-state index in [4.69, 9.17) is 9.26 Å². The molecule has 0 spiro atoms. The summed E-state index contributed by atoms with van der Waals surface area (Å²) in [6.45, 7) is 4.84. The van der Waals surface area contributed by atoms with Gasteiger partial charge in [0.1, 0.15) is 5.60 Å². The van der Waals surface area contributed by atoms with Gasteiger partial charge in [0.2, 0.25) is 11.7 Å². The maximum absolute atomic E-state index is 5.85. The van der Waals surface area contributed by atoms with Crippen LogP contribution >= 0.6 is 0 Å². The van der Waals surface area contributed by atoms with Crippen LogP contribution in [-0.2, 0) is 17.4 Å². The van der Waals surface area contributed by atoms with Gasteiger partial charge >= 0.3 is 0 Å². The molecule has 1 saturated heterocycles. The molecule has 6 heteroatoms. The minimum absolute atomic E-state index is 0.0390. The van der Waals surface area contributed by atoms with Crippen LogP contribution in [0, 0.1) is 0 Å². The van der Waals surface area contributed by atoms with E-state index in [0.29, 0.717) is 11.7 Å². The quantitative estimate of drug-likeness (QED) is 0.861. The highest BCUT2D eigenvalue weighted by Crippen LogP contribution is 2.34. The Bertz CT molecular complexity index is 584. The highest BCUT2D eigenvalue weighted by Gasteiger charge is 2.35. The third kappa shape index (κ3) is 2.35. The Hall–Kier alpha value is -1.69. The molecular formula is C14H20N4O2. The van der Waals surface area contributed by atoms with Gasteiger partial charge < -0.3 is 9.26 Å². The van der Waals surface area contributed by atoms with Crippen LogP contribution in [0.3, 0.4) is 0 Å². The van der Waals surface area contributed by atoms with Crippen LogP contribution < -0.4 is 0 Å². The Labute approximate surface area is 118 Å². The van der Waals surface area contributed by atoms with Crippen molar-refractivity contribution < 1.29 is 9.26 Å². The Morgan fingerprint density at radius 1 is 1.40 bits per heavy atom. The third-order valence-electron chi connectivity index (χ3n) is 3.98. The van der Waals surface area contributed by atoms with Crippen molar-refractivity contribution in [2.75, 3.05) is 6.61 Å². The zero-order valence-corrected chi connectivity index (χ0v) is 12.2. The van der Waals surface area contributed by atoms with Gasteiger partial charge in [-0.3, -0.25) is 4.68 Å². The van der Waals surface area contributed by atoms with Gasteiger partial charge in [0.25, 0.3) is 0 Å². The van der Waals surface area contributed by atoms with Crippen LogP contribution in [-0.4, -0.2) is 26.5 Å². The smallest absolute Gasteiger partial charge is 0.234 e. The van der Waals surface area contributed by atoms with E-state index in [-0.39, 0.29) is 5.92 Å². The van der Waals surface area contributed by atoms with Gasteiger partial charge in [-0.2, -0.15) is 10.1 Å². The number of aromatic nitrogens is 4. The lowest BCUT2D eigenvalue weighted by atomic mass is 9.95. The molecule has 2 unspecified atom stereocenters. The van der Waals surface area contributed by atoms with Crippen LogP contribution in [0.5, 0.6) is 0 Å². The predicted molar refractivity (Wildman–Crippen MR) is 72.2 cm³/mol. The number of ether oxygens (including phenoxy) is 1. The van der Waals surface area contributed by atoms with E-state index in [2.05, 4.69) is 15.2 Å². The normalized spacial score (nSPS) is 24.8. The number of rotatable bonds is 3. The van der Waals surface area contributed by atoms with E-state index in [1.165, 1.54) is 0 Å². The van der Waals surface area contributed by atoms with Gasteiger partial charge in [0.05, 0.1) is 12.1 Å². The van der Waals surface area contributed by atoms with E-state index in [1.54, 1.807) is 4.68 Å². The van der Waals surface area contributed by atoms with Crippen molar-refractivity contribution in [2.45, 2.75) is 44.6 Å². The second-order valence-corrected chi connectivity index (χ2v) is 5.66. The molecule has 1 aliphatic rings. The van der Waals surface area contributed by atoms with E-state index >= 15 is 0 Å². The Balaban J connectivity index is 1.82. The summed E-state index contributed by atoms with van der Waals surface area (Å²) >= 11 is 0. The molecule has 6 nitrogen and oxygen atoms in total. The van der Waals surface area contributed by atoms with Crippen molar-refractivity contribution >= 4 is 0 Å². The van der Waals surface area contributed by atoms with Crippen LogP contribution in [0.15, 0.2) is 16.9 Å². The van der Waals surface area contributed by atoms with Crippen LogP contribution in [0.1, 0.15) is 56.3 Å². The fourth-order valence-electron chi connectivity index (χ4n) is 2.54. The van der Waals surface area contributed by atoms with E-state index in [1.807, 2.05) is 33.3 Å². The van der Waals surface area contributed by atoms with Gasteiger partial charge in [0, 0.05) is 25.4 Å². The maximum atomic E-state index is 5.85. The summed E-state index contributed by atoms with van der Waals surface area (Å²) in [5.74, 6) is 1.31. The van der Waals surface area contributed by atoms with Gasteiger partial charge in [-0.05, 0) is 33.1 Å². The summed E-state index contributed by atoms with van der Waals surface area (Å²) in [5, 5.41) is 8.30. The molecule has 0 saturated carbocycles. The molecule has 3 heterocycles. The fourth-order valence-corrected chi connectivity index (χ4v) is 2.54. The van der Waals surface area contributed by atoms with Crippen molar-refractivity contribution in [1.82, 2.24) is 19.9 Å². The first-order valence-electron chi connectivity index (χ1n) is 7.05. The third-order valence-corrected chi connectivity index (χ3v) is 3.98. The van der Waals surface area contributed by atoms with Crippen molar-refractivity contribution in [2.24, 2.45) is 7.05 Å². The molecule has 0 N–H and O–H groups in total. The maximum Gasteiger partial charge on any atom is 0.234 e. The molecule has 20 heavy (non-hydrogen) atoms. The van der Waals surface area contributed by atoms with E-state index in [9.17, 15) is 0 Å². The zero-order chi connectivity index (χ0) is 14.2. The number of aryl methyl sites for hydroxylation is 1. The summed E-state index contributed by atoms with van der Waals surface area (Å²) in [4.78, 5) is 4.55. The van der Waals surface area contributed by atoms with Crippen molar-refractivity contribution in [3.05, 3.63) is 29.7 Å². The number of hydrogen-bond donors (Lipinski definition) is 0. The summed E-state index contributed by atoms with van der Waals surface area (Å²) in [7, 11) is 1.90. The number of nitrogens with zero attached hydrogens (tertiary/aromatic N) is 4. The van der Waals surface area contributed by atoms with Gasteiger partial charge in [-0.25, -0.2) is 0 Å². The lowest BCUT2D eigenvalue weighted by molar-refractivity contribution is -0.0770. The van der Waals surface area contributed by atoms with Crippen LogP contribution in [0.25, 0.3) is 0 Å². The molecule has 2 aromatic heterocycles. The van der Waals surface area contributed by atoms with Crippen molar-refractivity contribution in [1.29, 1.82) is 0 Å². The fraction of sp³-hybridized carbons (Fsp3) is 0.643. The Kier molecular flexibility index (Phi) is 3.33.